The van der Waals surface area contributed by atoms with E-state index in [0.29, 0.717) is 24.5 Å². The van der Waals surface area contributed by atoms with Crippen molar-refractivity contribution in [2.75, 3.05) is 34.0 Å². The van der Waals surface area contributed by atoms with Crippen LogP contribution in [0.25, 0.3) is 5.76 Å². The maximum atomic E-state index is 14.7. The average Bonchev–Trinajstić information content (AvgIpc) is 3.31. The fourth-order valence-electron chi connectivity index (χ4n) is 3.89. The molecule has 1 atom stereocenters. The summed E-state index contributed by atoms with van der Waals surface area (Å²) in [5.41, 5.74) is 0.310. The summed E-state index contributed by atoms with van der Waals surface area (Å²) in [7, 11) is 3.81. The van der Waals surface area contributed by atoms with Crippen LogP contribution in [0.4, 0.5) is 4.39 Å². The molecule has 0 bridgehead atoms. The lowest BCUT2D eigenvalue weighted by molar-refractivity contribution is -0.140. The first-order chi connectivity index (χ1) is 14.9. The molecule has 0 saturated carbocycles. The number of benzene rings is 2. The summed E-state index contributed by atoms with van der Waals surface area (Å²) in [6.07, 6.45) is 0.592. The molecule has 2 aromatic rings. The second-order valence-corrected chi connectivity index (χ2v) is 7.74. The molecule has 31 heavy (non-hydrogen) atoms. The van der Waals surface area contributed by atoms with Crippen LogP contribution in [0.1, 0.15) is 23.6 Å². The van der Waals surface area contributed by atoms with Gasteiger partial charge in [-0.05, 0) is 51.3 Å². The van der Waals surface area contributed by atoms with E-state index in [1.807, 2.05) is 19.0 Å². The normalized spacial score (nSPS) is 19.5. The van der Waals surface area contributed by atoms with Gasteiger partial charge in [0.05, 0.1) is 11.6 Å². The summed E-state index contributed by atoms with van der Waals surface area (Å²) in [5, 5.41) is 11.0. The Bertz CT molecular complexity index is 1070. The third-order valence-electron chi connectivity index (χ3n) is 5.39. The van der Waals surface area contributed by atoms with Crippen molar-refractivity contribution in [3.05, 3.63) is 65.0 Å². The maximum absolute atomic E-state index is 14.7. The molecule has 7 nitrogen and oxygen atoms in total. The number of halogens is 1. The lowest BCUT2D eigenvalue weighted by Crippen LogP contribution is -2.32. The molecular formula is C23H23FN2O5. The van der Waals surface area contributed by atoms with Crippen molar-refractivity contribution in [2.24, 2.45) is 0 Å². The highest BCUT2D eigenvalue weighted by Gasteiger charge is 2.46. The zero-order chi connectivity index (χ0) is 22.1. The number of fused-ring (bicyclic) bond motifs is 1. The molecule has 162 valence electrons. The second kappa shape index (κ2) is 8.39. The van der Waals surface area contributed by atoms with Crippen molar-refractivity contribution >= 4 is 17.4 Å². The predicted molar refractivity (Wildman–Crippen MR) is 111 cm³/mol. The molecule has 8 heteroatoms. The van der Waals surface area contributed by atoms with Crippen LogP contribution < -0.4 is 9.47 Å². The van der Waals surface area contributed by atoms with E-state index in [-0.39, 0.29) is 35.8 Å². The van der Waals surface area contributed by atoms with E-state index in [1.165, 1.54) is 29.2 Å². The molecule has 2 aromatic carbocycles. The molecular weight excluding hydrogens is 403 g/mol. The number of aliphatic hydroxyl groups is 1. The Hall–Kier alpha value is -3.39. The van der Waals surface area contributed by atoms with Gasteiger partial charge in [-0.25, -0.2) is 4.39 Å². The number of nitrogens with zero attached hydrogens (tertiary/aromatic N) is 2. The van der Waals surface area contributed by atoms with Crippen molar-refractivity contribution in [2.45, 2.75) is 12.5 Å². The van der Waals surface area contributed by atoms with Crippen LogP contribution >= 0.6 is 0 Å². The zero-order valence-electron chi connectivity index (χ0n) is 17.3. The predicted octanol–water partition coefficient (Wildman–Crippen LogP) is 2.93. The molecule has 2 heterocycles. The van der Waals surface area contributed by atoms with Crippen molar-refractivity contribution in [1.82, 2.24) is 9.80 Å². The van der Waals surface area contributed by atoms with Gasteiger partial charge >= 0.3 is 0 Å². The van der Waals surface area contributed by atoms with Gasteiger partial charge in [0, 0.05) is 17.7 Å². The number of Topliss-reactive ketones (excluding diaryl/α,β-unsaturated/α-hetero) is 1. The lowest BCUT2D eigenvalue weighted by atomic mass is 9.94. The van der Waals surface area contributed by atoms with E-state index in [2.05, 4.69) is 0 Å². The van der Waals surface area contributed by atoms with Crippen molar-refractivity contribution in [3.63, 3.8) is 0 Å². The Morgan fingerprint density at radius 2 is 1.90 bits per heavy atom. The van der Waals surface area contributed by atoms with E-state index in [4.69, 9.17) is 9.47 Å². The largest absolute Gasteiger partial charge is 0.507 e. The van der Waals surface area contributed by atoms with Crippen LogP contribution in [0, 0.1) is 5.82 Å². The van der Waals surface area contributed by atoms with E-state index >= 15 is 0 Å². The zero-order valence-corrected chi connectivity index (χ0v) is 17.3. The number of likely N-dealkylation sites (tertiary alicyclic amines) is 1. The Balaban J connectivity index is 1.80. The minimum absolute atomic E-state index is 0.0606. The smallest absolute Gasteiger partial charge is 0.295 e. The van der Waals surface area contributed by atoms with Gasteiger partial charge in [0.1, 0.15) is 11.6 Å². The summed E-state index contributed by atoms with van der Waals surface area (Å²) in [6.45, 7) is 1.000. The standard InChI is InChI=1S/C23H23FN2O5/c1-25(2)10-5-11-26-20(15-6-3-4-7-16(15)24)19(22(28)23(26)29)21(27)14-8-9-17-18(12-14)31-13-30-17/h3-4,6-9,12,20,27H,5,10-11,13H2,1-2H3/b21-19+. The Morgan fingerprint density at radius 1 is 1.16 bits per heavy atom. The van der Waals surface area contributed by atoms with Crippen LogP contribution in [0.5, 0.6) is 11.5 Å². The van der Waals surface area contributed by atoms with Gasteiger partial charge in [-0.3, -0.25) is 9.59 Å². The third-order valence-corrected chi connectivity index (χ3v) is 5.39. The molecule has 1 N–H and O–H groups in total. The highest BCUT2D eigenvalue weighted by molar-refractivity contribution is 6.46. The molecule has 1 unspecified atom stereocenters. The molecule has 1 saturated heterocycles. The van der Waals surface area contributed by atoms with E-state index in [9.17, 15) is 19.1 Å². The van der Waals surface area contributed by atoms with Crippen LogP contribution in [-0.2, 0) is 9.59 Å². The Kier molecular flexibility index (Phi) is 5.65. The van der Waals surface area contributed by atoms with E-state index < -0.39 is 23.5 Å². The average molecular weight is 426 g/mol. The number of carbonyl (C=O) groups excluding carboxylic acids is 2. The summed E-state index contributed by atoms with van der Waals surface area (Å²) in [5.74, 6) is -1.58. The number of amides is 1. The number of ether oxygens (including phenoxy) is 2. The summed E-state index contributed by atoms with van der Waals surface area (Å²) in [6, 6.07) is 9.68. The molecule has 0 radical (unpaired) electrons. The SMILES string of the molecule is CN(C)CCCN1C(=O)C(=O)/C(=C(/O)c2ccc3c(c2)OCO3)C1c1ccccc1F. The van der Waals surface area contributed by atoms with Gasteiger partial charge in [-0.15, -0.1) is 0 Å². The Morgan fingerprint density at radius 3 is 2.65 bits per heavy atom. The monoisotopic (exact) mass is 426 g/mol. The number of carbonyl (C=O) groups is 2. The second-order valence-electron chi connectivity index (χ2n) is 7.74. The summed E-state index contributed by atoms with van der Waals surface area (Å²) >= 11 is 0. The number of hydrogen-bond donors (Lipinski definition) is 1. The molecule has 4 rings (SSSR count). The van der Waals surface area contributed by atoms with Gasteiger partial charge in [0.15, 0.2) is 11.5 Å². The van der Waals surface area contributed by atoms with Gasteiger partial charge in [0.25, 0.3) is 11.7 Å². The number of rotatable bonds is 6. The minimum atomic E-state index is -1.02. The van der Waals surface area contributed by atoms with E-state index in [1.54, 1.807) is 18.2 Å². The van der Waals surface area contributed by atoms with Crippen LogP contribution in [0.3, 0.4) is 0 Å². The number of hydrogen-bond acceptors (Lipinski definition) is 6. The molecule has 2 aliphatic heterocycles. The number of ketones is 1. The van der Waals surface area contributed by atoms with E-state index in [0.717, 1.165) is 0 Å². The van der Waals surface area contributed by atoms with Crippen LogP contribution in [-0.4, -0.2) is 60.6 Å². The minimum Gasteiger partial charge on any atom is -0.507 e. The first-order valence-corrected chi connectivity index (χ1v) is 9.96. The Labute approximate surface area is 179 Å². The molecule has 1 amide bonds. The van der Waals surface area contributed by atoms with Gasteiger partial charge in [-0.1, -0.05) is 18.2 Å². The van der Waals surface area contributed by atoms with Crippen molar-refractivity contribution < 1.29 is 28.6 Å². The lowest BCUT2D eigenvalue weighted by Gasteiger charge is -2.26. The van der Waals surface area contributed by atoms with Crippen LogP contribution in [0.2, 0.25) is 0 Å². The summed E-state index contributed by atoms with van der Waals surface area (Å²) < 4.78 is 25.4. The highest BCUT2D eigenvalue weighted by Crippen LogP contribution is 2.42. The van der Waals surface area contributed by atoms with Crippen molar-refractivity contribution in [1.29, 1.82) is 0 Å². The van der Waals surface area contributed by atoms with Gasteiger partial charge in [0.2, 0.25) is 6.79 Å². The molecule has 1 fully saturated rings. The maximum Gasteiger partial charge on any atom is 0.295 e. The summed E-state index contributed by atoms with van der Waals surface area (Å²) in [4.78, 5) is 29.1. The molecule has 0 aliphatic carbocycles. The first kappa shape index (κ1) is 20.9. The highest BCUT2D eigenvalue weighted by atomic mass is 19.1. The van der Waals surface area contributed by atoms with Crippen LogP contribution in [0.15, 0.2) is 48.0 Å². The third kappa shape index (κ3) is 3.86. The molecule has 2 aliphatic rings. The van der Waals surface area contributed by atoms with Gasteiger partial charge in [-0.2, -0.15) is 0 Å². The van der Waals surface area contributed by atoms with Gasteiger partial charge < -0.3 is 24.4 Å². The first-order valence-electron chi connectivity index (χ1n) is 9.96. The fourth-order valence-corrected chi connectivity index (χ4v) is 3.89. The fraction of sp³-hybridized carbons (Fsp3) is 0.304. The molecule has 0 aromatic heterocycles. The topological polar surface area (TPSA) is 79.3 Å². The number of aliphatic hydroxyl groups excluding tert-OH is 1. The molecule has 0 spiro atoms. The quantitative estimate of drug-likeness (QED) is 0.435. The van der Waals surface area contributed by atoms with Crippen molar-refractivity contribution in [3.8, 4) is 11.5 Å².